The summed E-state index contributed by atoms with van der Waals surface area (Å²) >= 11 is 3.26. The molecule has 0 bridgehead atoms. The van der Waals surface area contributed by atoms with Crippen LogP contribution in [0.25, 0.3) is 0 Å². The van der Waals surface area contributed by atoms with Crippen molar-refractivity contribution in [1.29, 1.82) is 0 Å². The molecule has 0 saturated carbocycles. The van der Waals surface area contributed by atoms with E-state index in [9.17, 15) is 14.4 Å². The molecule has 26 heavy (non-hydrogen) atoms. The first-order chi connectivity index (χ1) is 12.5. The molecule has 2 aliphatic heterocycles. The van der Waals surface area contributed by atoms with Crippen LogP contribution in [0.4, 0.5) is 4.79 Å². The Hall–Kier alpha value is -2.16. The van der Waals surface area contributed by atoms with E-state index in [0.29, 0.717) is 36.2 Å². The monoisotopic (exact) mass is 425 g/mol. The Bertz CT molecular complexity index is 705. The van der Waals surface area contributed by atoms with E-state index >= 15 is 0 Å². The molecule has 0 aliphatic carbocycles. The van der Waals surface area contributed by atoms with Gasteiger partial charge in [0.05, 0.1) is 6.61 Å². The molecular formula is C17H20BrN3O5. The molecule has 3 heterocycles. The van der Waals surface area contributed by atoms with Crippen molar-refractivity contribution in [2.24, 2.45) is 0 Å². The summed E-state index contributed by atoms with van der Waals surface area (Å²) in [5, 5.41) is 0. The summed E-state index contributed by atoms with van der Waals surface area (Å²) < 4.78 is 10.7. The van der Waals surface area contributed by atoms with E-state index in [0.717, 1.165) is 0 Å². The molecule has 3 rings (SSSR count). The van der Waals surface area contributed by atoms with Gasteiger partial charge in [-0.2, -0.15) is 0 Å². The van der Waals surface area contributed by atoms with E-state index in [1.807, 2.05) is 0 Å². The lowest BCUT2D eigenvalue weighted by molar-refractivity contribution is -0.148. The van der Waals surface area contributed by atoms with E-state index in [1.54, 1.807) is 30.0 Å². The molecule has 2 saturated heterocycles. The number of carbonyl (C=O) groups is 3. The average molecular weight is 426 g/mol. The number of carbonyl (C=O) groups excluding carboxylic acids is 3. The number of hydrogen-bond acceptors (Lipinski definition) is 6. The molecule has 0 aromatic carbocycles. The highest BCUT2D eigenvalue weighted by molar-refractivity contribution is 9.10. The van der Waals surface area contributed by atoms with Crippen molar-refractivity contribution in [3.8, 4) is 0 Å². The number of pyridine rings is 1. The van der Waals surface area contributed by atoms with Crippen LogP contribution in [0.3, 0.4) is 0 Å². The second-order valence-electron chi connectivity index (χ2n) is 6.12. The van der Waals surface area contributed by atoms with Gasteiger partial charge in [-0.15, -0.1) is 0 Å². The molecule has 2 amide bonds. The number of rotatable bonds is 4. The van der Waals surface area contributed by atoms with Crippen LogP contribution in [-0.2, 0) is 14.3 Å². The standard InChI is InChI=1S/C17H20BrN3O5/c1-2-25-16(23)13-10-26-17(24)21(13)11-6-8-20(9-7-11)15(22)12-4-3-5-14(18)19-12/h3-5,11,13H,2,6-10H2,1H3. The molecule has 140 valence electrons. The molecule has 1 aromatic rings. The number of likely N-dealkylation sites (tertiary alicyclic amines) is 1. The summed E-state index contributed by atoms with van der Waals surface area (Å²) in [6.45, 7) is 2.96. The molecule has 1 atom stereocenters. The highest BCUT2D eigenvalue weighted by atomic mass is 79.9. The predicted molar refractivity (Wildman–Crippen MR) is 94.5 cm³/mol. The summed E-state index contributed by atoms with van der Waals surface area (Å²) in [5.41, 5.74) is 0.378. The first kappa shape index (κ1) is 18.6. The van der Waals surface area contributed by atoms with Crippen LogP contribution in [-0.4, -0.2) is 71.1 Å². The van der Waals surface area contributed by atoms with Crippen molar-refractivity contribution in [3.05, 3.63) is 28.5 Å². The number of hydrogen-bond donors (Lipinski definition) is 0. The van der Waals surface area contributed by atoms with Gasteiger partial charge in [0.15, 0.2) is 6.04 Å². The summed E-state index contributed by atoms with van der Waals surface area (Å²) in [6.07, 6.45) is 0.650. The largest absolute Gasteiger partial charge is 0.464 e. The minimum Gasteiger partial charge on any atom is -0.464 e. The fraction of sp³-hybridized carbons (Fsp3) is 0.529. The molecule has 0 radical (unpaired) electrons. The zero-order chi connectivity index (χ0) is 18.7. The van der Waals surface area contributed by atoms with Crippen molar-refractivity contribution in [3.63, 3.8) is 0 Å². The molecule has 2 fully saturated rings. The van der Waals surface area contributed by atoms with Crippen molar-refractivity contribution in [1.82, 2.24) is 14.8 Å². The van der Waals surface area contributed by atoms with Gasteiger partial charge >= 0.3 is 12.1 Å². The average Bonchev–Trinajstić information content (AvgIpc) is 3.03. The summed E-state index contributed by atoms with van der Waals surface area (Å²) in [5.74, 6) is -0.592. The summed E-state index contributed by atoms with van der Waals surface area (Å²) in [4.78, 5) is 44.1. The Morgan fingerprint density at radius 3 is 2.73 bits per heavy atom. The van der Waals surface area contributed by atoms with Crippen molar-refractivity contribution in [2.75, 3.05) is 26.3 Å². The first-order valence-corrected chi connectivity index (χ1v) is 9.34. The molecule has 0 N–H and O–H groups in total. The number of aromatic nitrogens is 1. The maximum absolute atomic E-state index is 12.6. The Balaban J connectivity index is 1.63. The Labute approximate surface area is 159 Å². The highest BCUT2D eigenvalue weighted by Crippen LogP contribution is 2.25. The number of amides is 2. The maximum atomic E-state index is 12.6. The van der Waals surface area contributed by atoms with Gasteiger partial charge in [-0.05, 0) is 47.8 Å². The van der Waals surface area contributed by atoms with Gasteiger partial charge in [0.1, 0.15) is 16.9 Å². The number of halogens is 1. The normalized spacial score (nSPS) is 20.8. The quantitative estimate of drug-likeness (QED) is 0.539. The maximum Gasteiger partial charge on any atom is 0.410 e. The van der Waals surface area contributed by atoms with Crippen LogP contribution >= 0.6 is 15.9 Å². The molecule has 0 spiro atoms. The van der Waals surface area contributed by atoms with Crippen LogP contribution in [0.5, 0.6) is 0 Å². The van der Waals surface area contributed by atoms with Gasteiger partial charge < -0.3 is 14.4 Å². The number of piperidine rings is 1. The fourth-order valence-electron chi connectivity index (χ4n) is 3.29. The lowest BCUT2D eigenvalue weighted by Gasteiger charge is -2.37. The van der Waals surface area contributed by atoms with E-state index in [4.69, 9.17) is 9.47 Å². The van der Waals surface area contributed by atoms with Crippen LogP contribution in [0.15, 0.2) is 22.8 Å². The molecule has 2 aliphatic rings. The fourth-order valence-corrected chi connectivity index (χ4v) is 3.64. The van der Waals surface area contributed by atoms with Crippen LogP contribution in [0.1, 0.15) is 30.3 Å². The molecule has 8 nitrogen and oxygen atoms in total. The summed E-state index contributed by atoms with van der Waals surface area (Å²) in [6, 6.07) is 4.34. The van der Waals surface area contributed by atoms with E-state index in [-0.39, 0.29) is 25.2 Å². The molecular weight excluding hydrogens is 406 g/mol. The Morgan fingerprint density at radius 2 is 2.08 bits per heavy atom. The lowest BCUT2D eigenvalue weighted by Crippen LogP contribution is -2.52. The van der Waals surface area contributed by atoms with Crippen LogP contribution in [0.2, 0.25) is 0 Å². The second-order valence-corrected chi connectivity index (χ2v) is 6.93. The number of esters is 1. The van der Waals surface area contributed by atoms with Gasteiger partial charge in [0, 0.05) is 19.1 Å². The third-order valence-corrected chi connectivity index (χ3v) is 4.99. The third kappa shape index (κ3) is 3.82. The molecule has 9 heteroatoms. The van der Waals surface area contributed by atoms with Gasteiger partial charge in [0.2, 0.25) is 0 Å². The number of nitrogens with zero attached hydrogens (tertiary/aromatic N) is 3. The van der Waals surface area contributed by atoms with Gasteiger partial charge in [-0.1, -0.05) is 6.07 Å². The number of cyclic esters (lactones) is 1. The third-order valence-electron chi connectivity index (χ3n) is 4.55. The van der Waals surface area contributed by atoms with E-state index in [1.165, 1.54) is 4.90 Å². The molecule has 1 unspecified atom stereocenters. The zero-order valence-electron chi connectivity index (χ0n) is 14.4. The SMILES string of the molecule is CCOC(=O)C1COC(=O)N1C1CCN(C(=O)c2cccc(Br)n2)CC1. The van der Waals surface area contributed by atoms with Gasteiger partial charge in [0.25, 0.3) is 5.91 Å². The second kappa shape index (κ2) is 8.03. The van der Waals surface area contributed by atoms with E-state index in [2.05, 4.69) is 20.9 Å². The van der Waals surface area contributed by atoms with E-state index < -0.39 is 18.1 Å². The topological polar surface area (TPSA) is 89.0 Å². The Kier molecular flexibility index (Phi) is 5.75. The predicted octanol–water partition coefficient (Wildman–Crippen LogP) is 1.83. The van der Waals surface area contributed by atoms with Crippen molar-refractivity contribution < 1.29 is 23.9 Å². The van der Waals surface area contributed by atoms with Gasteiger partial charge in [-0.3, -0.25) is 9.69 Å². The number of ether oxygens (including phenoxy) is 2. The Morgan fingerprint density at radius 1 is 1.35 bits per heavy atom. The highest BCUT2D eigenvalue weighted by Gasteiger charge is 2.44. The minimum atomic E-state index is -0.707. The lowest BCUT2D eigenvalue weighted by atomic mass is 10.0. The van der Waals surface area contributed by atoms with Gasteiger partial charge in [-0.25, -0.2) is 14.6 Å². The van der Waals surface area contributed by atoms with Crippen LogP contribution < -0.4 is 0 Å². The first-order valence-electron chi connectivity index (χ1n) is 8.54. The van der Waals surface area contributed by atoms with Crippen molar-refractivity contribution >= 4 is 33.9 Å². The zero-order valence-corrected chi connectivity index (χ0v) is 16.0. The smallest absolute Gasteiger partial charge is 0.410 e. The van der Waals surface area contributed by atoms with Crippen molar-refractivity contribution in [2.45, 2.75) is 31.8 Å². The summed E-state index contributed by atoms with van der Waals surface area (Å²) in [7, 11) is 0. The minimum absolute atomic E-state index is 0.0127. The molecule has 1 aromatic heterocycles. The van der Waals surface area contributed by atoms with Crippen LogP contribution in [0, 0.1) is 0 Å².